The van der Waals surface area contributed by atoms with Crippen LogP contribution in [0.5, 0.6) is 0 Å². The molecule has 5 rings (SSSR count). The highest BCUT2D eigenvalue weighted by Crippen LogP contribution is 2.47. The Hall–Kier alpha value is -1.41. The number of guanidine groups is 1. The number of para-hydroxylation sites is 1. The van der Waals surface area contributed by atoms with E-state index in [-0.39, 0.29) is 24.0 Å². The highest BCUT2D eigenvalue weighted by Gasteiger charge is 2.53. The summed E-state index contributed by atoms with van der Waals surface area (Å²) in [6.07, 6.45) is 6.31. The van der Waals surface area contributed by atoms with Crippen LogP contribution in [0.15, 0.2) is 41.5 Å². The van der Waals surface area contributed by atoms with E-state index in [1.54, 1.807) is 0 Å². The SMILES string of the molecule is CN=C(NCCc1cccc2cccnc12)N1CC2C3CCC(O3)C2C1.I. The zero-order valence-electron chi connectivity index (χ0n) is 15.7. The number of halogens is 1. The Kier molecular flexibility index (Phi) is 5.55. The first-order valence-corrected chi connectivity index (χ1v) is 9.77. The van der Waals surface area contributed by atoms with Gasteiger partial charge in [0, 0.05) is 50.1 Å². The van der Waals surface area contributed by atoms with Crippen LogP contribution in [0.4, 0.5) is 0 Å². The fraction of sp³-hybridized carbons (Fsp3) is 0.524. The van der Waals surface area contributed by atoms with E-state index >= 15 is 0 Å². The fourth-order valence-corrected chi connectivity index (χ4v) is 5.14. The van der Waals surface area contributed by atoms with E-state index < -0.39 is 0 Å². The number of hydrogen-bond donors (Lipinski definition) is 1. The summed E-state index contributed by atoms with van der Waals surface area (Å²) in [7, 11) is 1.89. The van der Waals surface area contributed by atoms with Gasteiger partial charge in [-0.25, -0.2) is 0 Å². The van der Waals surface area contributed by atoms with Crippen molar-refractivity contribution in [3.63, 3.8) is 0 Å². The third-order valence-corrected chi connectivity index (χ3v) is 6.36. The molecule has 3 fully saturated rings. The van der Waals surface area contributed by atoms with Crippen molar-refractivity contribution >= 4 is 40.8 Å². The Morgan fingerprint density at radius 2 is 1.93 bits per heavy atom. The number of aromatic nitrogens is 1. The maximum atomic E-state index is 6.09. The predicted octanol–water partition coefficient (Wildman–Crippen LogP) is 3.08. The standard InChI is InChI=1S/C21H26N4O.HI/c1-22-21(25-12-16-17(13-25)19-8-7-18(16)26-19)24-11-9-15-5-2-4-14-6-3-10-23-20(14)15;/h2-6,10,16-19H,7-9,11-13H2,1H3,(H,22,24);1H. The zero-order valence-corrected chi connectivity index (χ0v) is 18.0. The maximum absolute atomic E-state index is 6.09. The minimum absolute atomic E-state index is 0. The van der Waals surface area contributed by atoms with Gasteiger partial charge in [0.25, 0.3) is 0 Å². The van der Waals surface area contributed by atoms with Gasteiger partial charge >= 0.3 is 0 Å². The molecular weight excluding hydrogens is 451 g/mol. The molecular formula is C21H27IN4O. The molecule has 6 heteroatoms. The lowest BCUT2D eigenvalue weighted by molar-refractivity contribution is 0.0767. The van der Waals surface area contributed by atoms with E-state index in [1.165, 1.54) is 23.8 Å². The smallest absolute Gasteiger partial charge is 0.193 e. The van der Waals surface area contributed by atoms with Crippen LogP contribution in [0.1, 0.15) is 18.4 Å². The van der Waals surface area contributed by atoms with Crippen molar-refractivity contribution in [2.45, 2.75) is 31.5 Å². The number of pyridine rings is 1. The molecule has 5 nitrogen and oxygen atoms in total. The minimum Gasteiger partial charge on any atom is -0.374 e. The molecule has 27 heavy (non-hydrogen) atoms. The van der Waals surface area contributed by atoms with Crippen LogP contribution in [0.25, 0.3) is 10.9 Å². The van der Waals surface area contributed by atoms with Crippen molar-refractivity contribution in [2.24, 2.45) is 16.8 Å². The van der Waals surface area contributed by atoms with Crippen LogP contribution in [-0.2, 0) is 11.2 Å². The van der Waals surface area contributed by atoms with Gasteiger partial charge in [-0.3, -0.25) is 9.98 Å². The quantitative estimate of drug-likeness (QED) is 0.419. The number of ether oxygens (including phenoxy) is 1. The van der Waals surface area contributed by atoms with Crippen molar-refractivity contribution in [1.29, 1.82) is 0 Å². The monoisotopic (exact) mass is 478 g/mol. The Balaban J connectivity index is 0.00000180. The normalized spacial score (nSPS) is 29.1. The third kappa shape index (κ3) is 3.42. The minimum atomic E-state index is 0. The Labute approximate surface area is 177 Å². The lowest BCUT2D eigenvalue weighted by Crippen LogP contribution is -2.42. The van der Waals surface area contributed by atoms with Gasteiger partial charge in [0.15, 0.2) is 5.96 Å². The summed E-state index contributed by atoms with van der Waals surface area (Å²) in [4.78, 5) is 11.5. The molecule has 0 saturated carbocycles. The molecule has 2 aromatic rings. The number of aliphatic imine (C=N–C) groups is 1. The van der Waals surface area contributed by atoms with Crippen molar-refractivity contribution in [3.05, 3.63) is 42.1 Å². The number of nitrogens with zero attached hydrogens (tertiary/aromatic N) is 3. The highest BCUT2D eigenvalue weighted by atomic mass is 127. The summed E-state index contributed by atoms with van der Waals surface area (Å²) in [5.41, 5.74) is 2.40. The van der Waals surface area contributed by atoms with Gasteiger partial charge in [0.1, 0.15) is 0 Å². The number of fused-ring (bicyclic) bond motifs is 6. The topological polar surface area (TPSA) is 49.8 Å². The number of hydrogen-bond acceptors (Lipinski definition) is 3. The molecule has 3 aliphatic heterocycles. The molecule has 144 valence electrons. The van der Waals surface area contributed by atoms with Gasteiger partial charge in [-0.2, -0.15) is 0 Å². The average molecular weight is 478 g/mol. The molecule has 2 bridgehead atoms. The summed E-state index contributed by atoms with van der Waals surface area (Å²) in [6.45, 7) is 3.04. The molecule has 1 aromatic carbocycles. The van der Waals surface area contributed by atoms with Crippen LogP contribution in [0.2, 0.25) is 0 Å². The molecule has 3 saturated heterocycles. The largest absolute Gasteiger partial charge is 0.374 e. The van der Waals surface area contributed by atoms with Gasteiger partial charge in [0.05, 0.1) is 17.7 Å². The third-order valence-electron chi connectivity index (χ3n) is 6.36. The van der Waals surface area contributed by atoms with Crippen molar-refractivity contribution in [2.75, 3.05) is 26.7 Å². The molecule has 1 N–H and O–H groups in total. The van der Waals surface area contributed by atoms with Crippen molar-refractivity contribution < 1.29 is 4.74 Å². The van der Waals surface area contributed by atoms with E-state index in [2.05, 4.69) is 44.5 Å². The van der Waals surface area contributed by atoms with Crippen LogP contribution >= 0.6 is 24.0 Å². The van der Waals surface area contributed by atoms with Gasteiger partial charge < -0.3 is 15.0 Å². The molecule has 3 aliphatic rings. The lowest BCUT2D eigenvalue weighted by atomic mass is 9.82. The van der Waals surface area contributed by atoms with Crippen molar-refractivity contribution in [3.8, 4) is 0 Å². The first-order valence-electron chi connectivity index (χ1n) is 9.77. The summed E-state index contributed by atoms with van der Waals surface area (Å²) < 4.78 is 6.09. The van der Waals surface area contributed by atoms with E-state index in [0.717, 1.165) is 37.5 Å². The maximum Gasteiger partial charge on any atom is 0.193 e. The molecule has 0 radical (unpaired) electrons. The average Bonchev–Trinajstić information content (AvgIpc) is 3.38. The molecule has 4 unspecified atom stereocenters. The van der Waals surface area contributed by atoms with Crippen LogP contribution in [0.3, 0.4) is 0 Å². The Bertz CT molecular complexity index is 819. The summed E-state index contributed by atoms with van der Waals surface area (Å²) in [5, 5.41) is 4.78. The van der Waals surface area contributed by atoms with Gasteiger partial charge in [-0.05, 0) is 30.9 Å². The van der Waals surface area contributed by atoms with Crippen LogP contribution < -0.4 is 5.32 Å². The fourth-order valence-electron chi connectivity index (χ4n) is 5.14. The van der Waals surface area contributed by atoms with Gasteiger partial charge in [-0.1, -0.05) is 24.3 Å². The van der Waals surface area contributed by atoms with E-state index in [1.807, 2.05) is 19.3 Å². The summed E-state index contributed by atoms with van der Waals surface area (Å²) >= 11 is 0. The van der Waals surface area contributed by atoms with E-state index in [9.17, 15) is 0 Å². The van der Waals surface area contributed by atoms with Gasteiger partial charge in [-0.15, -0.1) is 24.0 Å². The number of likely N-dealkylation sites (tertiary alicyclic amines) is 1. The zero-order chi connectivity index (χ0) is 17.5. The Morgan fingerprint density at radius 3 is 2.67 bits per heavy atom. The molecule has 0 spiro atoms. The van der Waals surface area contributed by atoms with E-state index in [4.69, 9.17) is 4.74 Å². The highest BCUT2D eigenvalue weighted by molar-refractivity contribution is 14.0. The first kappa shape index (κ1) is 18.9. The van der Waals surface area contributed by atoms with Crippen LogP contribution in [-0.4, -0.2) is 54.7 Å². The predicted molar refractivity (Wildman–Crippen MR) is 119 cm³/mol. The molecule has 0 aliphatic carbocycles. The number of nitrogens with one attached hydrogen (secondary N) is 1. The number of rotatable bonds is 3. The molecule has 4 heterocycles. The second-order valence-electron chi connectivity index (χ2n) is 7.74. The molecule has 0 amide bonds. The first-order chi connectivity index (χ1) is 12.8. The van der Waals surface area contributed by atoms with Crippen LogP contribution in [0, 0.1) is 11.8 Å². The summed E-state index contributed by atoms with van der Waals surface area (Å²) in [6, 6.07) is 10.5. The second-order valence-corrected chi connectivity index (χ2v) is 7.74. The van der Waals surface area contributed by atoms with E-state index in [0.29, 0.717) is 24.0 Å². The van der Waals surface area contributed by atoms with Crippen molar-refractivity contribution in [1.82, 2.24) is 15.2 Å². The lowest BCUT2D eigenvalue weighted by Gasteiger charge is -2.23. The molecule has 4 atom stereocenters. The second kappa shape index (κ2) is 7.91. The van der Waals surface area contributed by atoms with Gasteiger partial charge in [0.2, 0.25) is 0 Å². The molecule has 1 aromatic heterocycles. The number of benzene rings is 1. The summed E-state index contributed by atoms with van der Waals surface area (Å²) in [5.74, 6) is 2.44. The Morgan fingerprint density at radius 1 is 1.19 bits per heavy atom.